The molecule has 1 aromatic carbocycles. The molecule has 0 bridgehead atoms. The number of benzene rings is 1. The fourth-order valence-corrected chi connectivity index (χ4v) is 3.38. The lowest BCUT2D eigenvalue weighted by Crippen LogP contribution is -2.32. The van der Waals surface area contributed by atoms with E-state index >= 15 is 4.39 Å². The van der Waals surface area contributed by atoms with Gasteiger partial charge in [0.15, 0.2) is 5.67 Å². The number of carbonyl (C=O) groups excluding carboxylic acids is 1. The summed E-state index contributed by atoms with van der Waals surface area (Å²) in [7, 11) is 0. The predicted octanol–water partition coefficient (Wildman–Crippen LogP) is 3.90. The van der Waals surface area contributed by atoms with Crippen LogP contribution in [0.3, 0.4) is 0 Å². The molecule has 1 amide bonds. The molecule has 128 valence electrons. The Labute approximate surface area is 148 Å². The van der Waals surface area contributed by atoms with Crippen LogP contribution in [0.4, 0.5) is 4.39 Å². The zero-order valence-electron chi connectivity index (χ0n) is 13.5. The van der Waals surface area contributed by atoms with Crippen molar-refractivity contribution in [2.45, 2.75) is 19.0 Å². The van der Waals surface area contributed by atoms with Gasteiger partial charge < -0.3 is 9.42 Å². The summed E-state index contributed by atoms with van der Waals surface area (Å²) in [6.07, 6.45) is 1.67. The number of aromatic nitrogens is 2. The van der Waals surface area contributed by atoms with Crippen molar-refractivity contribution < 1.29 is 13.7 Å². The van der Waals surface area contributed by atoms with Crippen molar-refractivity contribution in [2.75, 3.05) is 13.1 Å². The molecule has 0 radical (unpaired) electrons. The number of halogens is 2. The number of pyridine rings is 1. The Morgan fingerprint density at radius 2 is 2.24 bits per heavy atom. The molecule has 1 aliphatic rings. The van der Waals surface area contributed by atoms with Gasteiger partial charge in [-0.25, -0.2) is 9.37 Å². The van der Waals surface area contributed by atoms with Gasteiger partial charge in [-0.15, -0.1) is 0 Å². The maximum absolute atomic E-state index is 15.3. The first kappa shape index (κ1) is 16.0. The molecule has 0 spiro atoms. The molecule has 1 saturated heterocycles. The molecule has 1 unspecified atom stereocenters. The first-order chi connectivity index (χ1) is 12.0. The third kappa shape index (κ3) is 2.76. The highest BCUT2D eigenvalue weighted by Gasteiger charge is 2.42. The molecule has 0 saturated carbocycles. The summed E-state index contributed by atoms with van der Waals surface area (Å²) in [6, 6.07) is 8.43. The summed E-state index contributed by atoms with van der Waals surface area (Å²) in [5.74, 6) is -0.253. The molecular formula is C18H15ClFN3O2. The number of hydrogen-bond donors (Lipinski definition) is 0. The van der Waals surface area contributed by atoms with E-state index in [1.807, 2.05) is 0 Å². The van der Waals surface area contributed by atoms with Gasteiger partial charge in [-0.05, 0) is 30.7 Å². The van der Waals surface area contributed by atoms with Crippen LogP contribution in [0.15, 0.2) is 41.1 Å². The van der Waals surface area contributed by atoms with Crippen LogP contribution < -0.4 is 0 Å². The molecule has 1 fully saturated rings. The summed E-state index contributed by atoms with van der Waals surface area (Å²) >= 11 is 5.97. The summed E-state index contributed by atoms with van der Waals surface area (Å²) in [5, 5.41) is 5.00. The van der Waals surface area contributed by atoms with E-state index < -0.39 is 5.67 Å². The highest BCUT2D eigenvalue weighted by atomic mass is 35.5. The highest BCUT2D eigenvalue weighted by molar-refractivity contribution is 6.30. The topological polar surface area (TPSA) is 59.2 Å². The number of fused-ring (bicyclic) bond motifs is 1. The van der Waals surface area contributed by atoms with Crippen LogP contribution in [0.1, 0.15) is 28.0 Å². The van der Waals surface area contributed by atoms with Crippen molar-refractivity contribution in [2.24, 2.45) is 0 Å². The molecule has 0 N–H and O–H groups in total. The SMILES string of the molecule is Cc1noc2ncc(C(=O)N3CCC(F)(c4cccc(Cl)c4)C3)cc12. The third-order valence-electron chi connectivity index (χ3n) is 4.61. The van der Waals surface area contributed by atoms with E-state index in [0.29, 0.717) is 39.5 Å². The Hall–Kier alpha value is -2.47. The van der Waals surface area contributed by atoms with Crippen LogP contribution in [0, 0.1) is 6.92 Å². The van der Waals surface area contributed by atoms with Gasteiger partial charge in [0.25, 0.3) is 11.6 Å². The second kappa shape index (κ2) is 5.81. The van der Waals surface area contributed by atoms with E-state index in [0.717, 1.165) is 0 Å². The van der Waals surface area contributed by atoms with Gasteiger partial charge >= 0.3 is 0 Å². The second-order valence-corrected chi connectivity index (χ2v) is 6.73. The fourth-order valence-electron chi connectivity index (χ4n) is 3.19. The van der Waals surface area contributed by atoms with E-state index in [9.17, 15) is 4.79 Å². The second-order valence-electron chi connectivity index (χ2n) is 6.30. The molecule has 3 heterocycles. The minimum atomic E-state index is -1.59. The standard InChI is InChI=1S/C18H15ClFN3O2/c1-11-15-7-12(9-21-16(15)25-22-11)17(24)23-6-5-18(20,10-23)13-3-2-4-14(19)8-13/h2-4,7-9H,5-6,10H2,1H3. The molecule has 2 aromatic heterocycles. The van der Waals surface area contributed by atoms with E-state index in [1.54, 1.807) is 37.3 Å². The molecule has 4 rings (SSSR count). The lowest BCUT2D eigenvalue weighted by Gasteiger charge is -2.21. The first-order valence-electron chi connectivity index (χ1n) is 7.92. The Morgan fingerprint density at radius 1 is 1.40 bits per heavy atom. The van der Waals surface area contributed by atoms with Crippen molar-refractivity contribution in [1.82, 2.24) is 15.0 Å². The number of carbonyl (C=O) groups is 1. The normalized spacial score (nSPS) is 20.4. The summed E-state index contributed by atoms with van der Waals surface area (Å²) in [6.45, 7) is 2.11. The average Bonchev–Trinajstić information content (AvgIpc) is 3.19. The van der Waals surface area contributed by atoms with Gasteiger partial charge in [0.2, 0.25) is 0 Å². The van der Waals surface area contributed by atoms with Gasteiger partial charge in [-0.1, -0.05) is 28.9 Å². The van der Waals surface area contributed by atoms with Crippen LogP contribution in [0.25, 0.3) is 11.1 Å². The van der Waals surface area contributed by atoms with Crippen molar-refractivity contribution in [3.8, 4) is 0 Å². The van der Waals surface area contributed by atoms with Crippen LogP contribution >= 0.6 is 11.6 Å². The minimum Gasteiger partial charge on any atom is -0.336 e. The maximum Gasteiger partial charge on any atom is 0.257 e. The number of amides is 1. The van der Waals surface area contributed by atoms with E-state index in [-0.39, 0.29) is 18.9 Å². The van der Waals surface area contributed by atoms with Crippen molar-refractivity contribution in [3.05, 3.63) is 58.4 Å². The monoisotopic (exact) mass is 359 g/mol. The molecule has 0 aliphatic carbocycles. The molecule has 3 aromatic rings. The van der Waals surface area contributed by atoms with Crippen LogP contribution in [-0.2, 0) is 5.67 Å². The van der Waals surface area contributed by atoms with Crippen molar-refractivity contribution in [1.29, 1.82) is 0 Å². The average molecular weight is 360 g/mol. The van der Waals surface area contributed by atoms with Crippen LogP contribution in [-0.4, -0.2) is 34.0 Å². The number of alkyl halides is 1. The summed E-state index contributed by atoms with van der Waals surface area (Å²) < 4.78 is 20.4. The van der Waals surface area contributed by atoms with Gasteiger partial charge in [-0.3, -0.25) is 4.79 Å². The van der Waals surface area contributed by atoms with E-state index in [2.05, 4.69) is 10.1 Å². The van der Waals surface area contributed by atoms with Gasteiger partial charge in [-0.2, -0.15) is 0 Å². The fraction of sp³-hybridized carbons (Fsp3) is 0.278. The predicted molar refractivity (Wildman–Crippen MR) is 91.3 cm³/mol. The summed E-state index contributed by atoms with van der Waals surface area (Å²) in [5.41, 5.74) is 0.352. The Balaban J connectivity index is 1.60. The molecule has 1 atom stereocenters. The smallest absolute Gasteiger partial charge is 0.257 e. The summed E-state index contributed by atoms with van der Waals surface area (Å²) in [4.78, 5) is 18.4. The third-order valence-corrected chi connectivity index (χ3v) is 4.84. The zero-order valence-corrected chi connectivity index (χ0v) is 14.3. The van der Waals surface area contributed by atoms with Crippen molar-refractivity contribution >= 4 is 28.6 Å². The first-order valence-corrected chi connectivity index (χ1v) is 8.30. The molecular weight excluding hydrogens is 345 g/mol. The number of rotatable bonds is 2. The maximum atomic E-state index is 15.3. The lowest BCUT2D eigenvalue weighted by molar-refractivity contribution is 0.0750. The number of likely N-dealkylation sites (tertiary alicyclic amines) is 1. The molecule has 7 heteroatoms. The van der Waals surface area contributed by atoms with E-state index in [4.69, 9.17) is 16.1 Å². The zero-order chi connectivity index (χ0) is 17.6. The van der Waals surface area contributed by atoms with Gasteiger partial charge in [0.1, 0.15) is 0 Å². The van der Waals surface area contributed by atoms with Crippen molar-refractivity contribution in [3.63, 3.8) is 0 Å². The largest absolute Gasteiger partial charge is 0.336 e. The van der Waals surface area contributed by atoms with Gasteiger partial charge in [0.05, 0.1) is 23.2 Å². The number of nitrogens with zero attached hydrogens (tertiary/aromatic N) is 3. The van der Waals surface area contributed by atoms with E-state index in [1.165, 1.54) is 11.1 Å². The Bertz CT molecular complexity index is 974. The van der Waals surface area contributed by atoms with Gasteiger partial charge in [0, 0.05) is 24.2 Å². The Morgan fingerprint density at radius 3 is 3.04 bits per heavy atom. The lowest BCUT2D eigenvalue weighted by atomic mass is 9.95. The highest BCUT2D eigenvalue weighted by Crippen LogP contribution is 2.37. The van der Waals surface area contributed by atoms with Crippen LogP contribution in [0.5, 0.6) is 0 Å². The quantitative estimate of drug-likeness (QED) is 0.696. The minimum absolute atomic E-state index is 0.00711. The Kier molecular flexibility index (Phi) is 3.72. The van der Waals surface area contributed by atoms with Crippen LogP contribution in [0.2, 0.25) is 5.02 Å². The number of aryl methyl sites for hydroxylation is 1. The molecule has 1 aliphatic heterocycles. The molecule has 5 nitrogen and oxygen atoms in total. The molecule has 25 heavy (non-hydrogen) atoms. The number of hydrogen-bond acceptors (Lipinski definition) is 4.